The highest BCUT2D eigenvalue weighted by atomic mass is 32.2. The zero-order valence-corrected chi connectivity index (χ0v) is 20.2. The number of aromatic nitrogens is 1. The van der Waals surface area contributed by atoms with Crippen LogP contribution in [0.3, 0.4) is 0 Å². The van der Waals surface area contributed by atoms with Crippen LogP contribution in [0.5, 0.6) is 0 Å². The van der Waals surface area contributed by atoms with Gasteiger partial charge in [-0.05, 0) is 55.5 Å². The highest BCUT2D eigenvalue weighted by Gasteiger charge is 2.58. The third-order valence-corrected chi connectivity index (χ3v) is 9.15. The molecule has 0 N–H and O–H groups in total. The number of nitrogens with zero attached hydrogens (tertiary/aromatic N) is 4. The fraction of sp³-hybridized carbons (Fsp3) is 0.522. The minimum Gasteiger partial charge on any atom is -0.298 e. The molecule has 3 atom stereocenters. The molecule has 32 heavy (non-hydrogen) atoms. The van der Waals surface area contributed by atoms with Crippen LogP contribution in [0, 0.1) is 12.8 Å². The van der Waals surface area contributed by atoms with Crippen LogP contribution in [-0.4, -0.2) is 58.2 Å². The Morgan fingerprint density at radius 2 is 2.06 bits per heavy atom. The lowest BCUT2D eigenvalue weighted by Gasteiger charge is -2.17. The van der Waals surface area contributed by atoms with Gasteiger partial charge in [0.1, 0.15) is 0 Å². The Morgan fingerprint density at radius 1 is 1.28 bits per heavy atom. The normalized spacial score (nSPS) is 26.6. The lowest BCUT2D eigenvalue weighted by atomic mass is 10.0. The number of hydrogen-bond acceptors (Lipinski definition) is 4. The molecule has 0 amide bonds. The zero-order valence-electron chi connectivity index (χ0n) is 18.6. The summed E-state index contributed by atoms with van der Waals surface area (Å²) in [5.74, 6) is -2.79. The van der Waals surface area contributed by atoms with Crippen molar-refractivity contribution < 1.29 is 13.0 Å². The molecule has 3 unspecified atom stereocenters. The summed E-state index contributed by atoms with van der Waals surface area (Å²) in [6, 6.07) is 10.3. The van der Waals surface area contributed by atoms with Crippen LogP contribution < -0.4 is 8.61 Å². The van der Waals surface area contributed by atoms with Gasteiger partial charge in [0.15, 0.2) is 5.82 Å². The largest absolute Gasteiger partial charge is 0.298 e. The maximum atomic E-state index is 13.4. The average Bonchev–Trinajstić information content (AvgIpc) is 3.08. The molecule has 0 spiro atoms. The number of thioether (sulfide) groups is 1. The third kappa shape index (κ3) is 4.03. The second kappa shape index (κ2) is 8.25. The Balaban J connectivity index is 1.39. The molecule has 5 rings (SSSR count). The molecule has 3 aliphatic rings. The predicted molar refractivity (Wildman–Crippen MR) is 129 cm³/mol. The Bertz CT molecular complexity index is 1070. The summed E-state index contributed by atoms with van der Waals surface area (Å²) in [5, 5.41) is 0.716. The SMILES string of the molecule is CSC1CCN(Cc2ccc(C)c(-c3ccc4c(n3)N(C)S(=O)N4CC3CC3(F)F)c2)C1. The fourth-order valence-corrected chi connectivity index (χ4v) is 6.49. The topological polar surface area (TPSA) is 39.7 Å². The van der Waals surface area contributed by atoms with Crippen molar-refractivity contribution in [2.24, 2.45) is 5.92 Å². The minimum atomic E-state index is -2.64. The standard InChI is InChI=1S/C23H28F2N4OS2/c1-15-4-5-16(12-28-9-8-18(14-28)31-3)10-19(15)20-6-7-21-22(26-20)27(2)32(30)29(21)13-17-11-23(17,24)25/h4-7,10,17-18H,8-9,11-14H2,1-3H3. The van der Waals surface area contributed by atoms with E-state index in [1.807, 2.05) is 23.9 Å². The smallest absolute Gasteiger partial charge is 0.253 e. The number of benzene rings is 1. The minimum absolute atomic E-state index is 0.0827. The molecule has 5 nitrogen and oxygen atoms in total. The van der Waals surface area contributed by atoms with Crippen LogP contribution in [0.2, 0.25) is 0 Å². The fourth-order valence-electron chi connectivity index (χ4n) is 4.59. The molecule has 3 heterocycles. The van der Waals surface area contributed by atoms with Gasteiger partial charge in [-0.25, -0.2) is 18.0 Å². The number of fused-ring (bicyclic) bond motifs is 1. The van der Waals surface area contributed by atoms with Gasteiger partial charge in [0, 0.05) is 49.8 Å². The third-order valence-electron chi connectivity index (χ3n) is 6.73. The van der Waals surface area contributed by atoms with E-state index < -0.39 is 23.0 Å². The van der Waals surface area contributed by atoms with Gasteiger partial charge in [-0.3, -0.25) is 13.5 Å². The number of halogens is 2. The second-order valence-corrected chi connectivity index (χ2v) is 11.6. The van der Waals surface area contributed by atoms with E-state index in [0.717, 1.165) is 36.5 Å². The monoisotopic (exact) mass is 478 g/mol. The van der Waals surface area contributed by atoms with E-state index in [1.54, 1.807) is 15.7 Å². The maximum absolute atomic E-state index is 13.4. The second-order valence-electron chi connectivity index (χ2n) is 9.02. The maximum Gasteiger partial charge on any atom is 0.253 e. The van der Waals surface area contributed by atoms with E-state index in [0.29, 0.717) is 16.8 Å². The van der Waals surface area contributed by atoms with Crippen molar-refractivity contribution in [1.82, 2.24) is 9.88 Å². The lowest BCUT2D eigenvalue weighted by molar-refractivity contribution is 0.101. The molecule has 1 saturated heterocycles. The van der Waals surface area contributed by atoms with Gasteiger partial charge in [-0.15, -0.1) is 0 Å². The molecule has 1 aromatic carbocycles. The molecule has 1 saturated carbocycles. The van der Waals surface area contributed by atoms with Crippen molar-refractivity contribution in [3.8, 4) is 11.3 Å². The van der Waals surface area contributed by atoms with Crippen LogP contribution in [0.15, 0.2) is 30.3 Å². The van der Waals surface area contributed by atoms with Gasteiger partial charge in [0.25, 0.3) is 5.92 Å². The highest BCUT2D eigenvalue weighted by Crippen LogP contribution is 2.51. The molecule has 2 fully saturated rings. The van der Waals surface area contributed by atoms with Crippen molar-refractivity contribution in [1.29, 1.82) is 0 Å². The summed E-state index contributed by atoms with van der Waals surface area (Å²) in [4.78, 5) is 7.31. The summed E-state index contributed by atoms with van der Waals surface area (Å²) in [6.07, 6.45) is 3.28. The van der Waals surface area contributed by atoms with Gasteiger partial charge < -0.3 is 0 Å². The molecule has 2 aliphatic heterocycles. The number of alkyl halides is 2. The molecule has 2 aromatic rings. The van der Waals surface area contributed by atoms with Gasteiger partial charge in [-0.2, -0.15) is 11.8 Å². The van der Waals surface area contributed by atoms with Gasteiger partial charge in [0.05, 0.1) is 11.4 Å². The molecule has 1 aliphatic carbocycles. The molecule has 1 aromatic heterocycles. The number of anilines is 2. The van der Waals surface area contributed by atoms with Crippen LogP contribution in [0.1, 0.15) is 24.0 Å². The van der Waals surface area contributed by atoms with E-state index in [1.165, 1.54) is 12.0 Å². The molecule has 9 heteroatoms. The van der Waals surface area contributed by atoms with Crippen LogP contribution in [-0.2, 0) is 17.7 Å². The Labute approximate surface area is 194 Å². The van der Waals surface area contributed by atoms with Crippen molar-refractivity contribution in [3.05, 3.63) is 41.5 Å². The Kier molecular flexibility index (Phi) is 5.70. The van der Waals surface area contributed by atoms with Crippen molar-refractivity contribution >= 4 is 34.4 Å². The summed E-state index contributed by atoms with van der Waals surface area (Å²) in [6.45, 7) is 5.31. The zero-order chi connectivity index (χ0) is 22.6. The quantitative estimate of drug-likeness (QED) is 0.614. The van der Waals surface area contributed by atoms with Gasteiger partial charge in [-0.1, -0.05) is 12.1 Å². The molecule has 0 radical (unpaired) electrons. The van der Waals surface area contributed by atoms with Crippen molar-refractivity contribution in [3.63, 3.8) is 0 Å². The number of aryl methyl sites for hydroxylation is 1. The van der Waals surface area contributed by atoms with Gasteiger partial charge in [0.2, 0.25) is 11.2 Å². The van der Waals surface area contributed by atoms with Crippen LogP contribution in [0.4, 0.5) is 20.3 Å². The van der Waals surface area contributed by atoms with E-state index in [9.17, 15) is 13.0 Å². The summed E-state index contributed by atoms with van der Waals surface area (Å²) in [7, 11) is 1.70. The first kappa shape index (κ1) is 22.1. The molecule has 0 bridgehead atoms. The summed E-state index contributed by atoms with van der Waals surface area (Å²) < 4.78 is 42.8. The summed E-state index contributed by atoms with van der Waals surface area (Å²) >= 11 is 0.406. The highest BCUT2D eigenvalue weighted by molar-refractivity contribution is 7.99. The van der Waals surface area contributed by atoms with Crippen LogP contribution >= 0.6 is 11.8 Å². The number of hydrogen-bond donors (Lipinski definition) is 0. The van der Waals surface area contributed by atoms with E-state index in [4.69, 9.17) is 4.98 Å². The van der Waals surface area contributed by atoms with E-state index >= 15 is 0 Å². The Morgan fingerprint density at radius 3 is 2.75 bits per heavy atom. The van der Waals surface area contributed by atoms with Crippen LogP contribution in [0.25, 0.3) is 11.3 Å². The van der Waals surface area contributed by atoms with Crippen molar-refractivity contribution in [2.45, 2.75) is 37.5 Å². The lowest BCUT2D eigenvalue weighted by Crippen LogP contribution is -2.31. The Hall–Kier alpha value is -1.71. The average molecular weight is 479 g/mol. The number of pyridine rings is 1. The molecular weight excluding hydrogens is 450 g/mol. The number of rotatable bonds is 6. The first-order valence-electron chi connectivity index (χ1n) is 10.9. The number of likely N-dealkylation sites (tertiary alicyclic amines) is 1. The van der Waals surface area contributed by atoms with Crippen molar-refractivity contribution in [2.75, 3.05) is 41.5 Å². The predicted octanol–water partition coefficient (Wildman–Crippen LogP) is 4.48. The molecular formula is C23H28F2N4OS2. The van der Waals surface area contributed by atoms with Gasteiger partial charge >= 0.3 is 0 Å². The van der Waals surface area contributed by atoms with E-state index in [-0.39, 0.29) is 13.0 Å². The summed E-state index contributed by atoms with van der Waals surface area (Å²) in [5.41, 5.74) is 4.91. The first-order valence-corrected chi connectivity index (χ1v) is 13.3. The molecule has 172 valence electrons. The van der Waals surface area contributed by atoms with E-state index in [2.05, 4.69) is 36.3 Å². The first-order chi connectivity index (χ1) is 15.3.